The van der Waals surface area contributed by atoms with Crippen LogP contribution in [-0.2, 0) is 4.79 Å². The van der Waals surface area contributed by atoms with E-state index in [1.165, 1.54) is 18.2 Å². The number of rotatable bonds is 7. The van der Waals surface area contributed by atoms with Crippen molar-refractivity contribution in [1.29, 1.82) is 0 Å². The van der Waals surface area contributed by atoms with E-state index in [1.807, 2.05) is 0 Å². The molecule has 0 radical (unpaired) electrons. The summed E-state index contributed by atoms with van der Waals surface area (Å²) in [5.41, 5.74) is -0.333. The first kappa shape index (κ1) is 21.7. The number of carboxylic acid groups (broad SMARTS) is 1. The van der Waals surface area contributed by atoms with Gasteiger partial charge in [-0.1, -0.05) is 18.2 Å². The normalized spacial score (nSPS) is 11.1. The average Bonchev–Trinajstić information content (AvgIpc) is 2.68. The molecule has 3 aromatic rings. The Kier molecular flexibility index (Phi) is 6.18. The van der Waals surface area contributed by atoms with Crippen molar-refractivity contribution < 1.29 is 36.6 Å². The van der Waals surface area contributed by atoms with Crippen molar-refractivity contribution in [3.8, 4) is 17.0 Å². The van der Waals surface area contributed by atoms with Gasteiger partial charge in [-0.3, -0.25) is 4.79 Å². The molecule has 1 heterocycles. The molecule has 7 nitrogen and oxygen atoms in total. The summed E-state index contributed by atoms with van der Waals surface area (Å²) < 4.78 is 69.3. The van der Waals surface area contributed by atoms with Crippen molar-refractivity contribution in [3.05, 3.63) is 60.2 Å². The molecular weight excluding hydrogens is 427 g/mol. The minimum Gasteiger partial charge on any atom is -0.480 e. The fourth-order valence-electron chi connectivity index (χ4n) is 2.49. The first-order valence-electron chi connectivity index (χ1n) is 8.53. The Morgan fingerprint density at radius 2 is 1.71 bits per heavy atom. The van der Waals surface area contributed by atoms with E-state index in [2.05, 4.69) is 25.3 Å². The molecule has 0 saturated carbocycles. The van der Waals surface area contributed by atoms with E-state index in [4.69, 9.17) is 5.11 Å². The number of benzene rings is 2. The summed E-state index contributed by atoms with van der Waals surface area (Å²) in [7, 11) is 0. The van der Waals surface area contributed by atoms with Crippen LogP contribution < -0.4 is 15.4 Å². The maximum absolute atomic E-state index is 14.0. The molecule has 1 aromatic heterocycles. The molecular formula is C19H13F5N4O3. The SMILES string of the molecule is O=C(O)CNc1nc(Nc2c(F)cccc2F)cc(-c2cccc(OC(F)(F)F)c2)n1. The lowest BCUT2D eigenvalue weighted by Gasteiger charge is -2.13. The number of anilines is 3. The van der Waals surface area contributed by atoms with E-state index >= 15 is 0 Å². The van der Waals surface area contributed by atoms with Crippen LogP contribution in [0.15, 0.2) is 48.5 Å². The van der Waals surface area contributed by atoms with Crippen LogP contribution in [0.5, 0.6) is 5.75 Å². The van der Waals surface area contributed by atoms with Gasteiger partial charge in [0.15, 0.2) is 0 Å². The van der Waals surface area contributed by atoms with Gasteiger partial charge in [0.2, 0.25) is 5.95 Å². The molecule has 0 aliphatic carbocycles. The first-order valence-corrected chi connectivity index (χ1v) is 8.53. The summed E-state index contributed by atoms with van der Waals surface area (Å²) in [6.07, 6.45) is -4.91. The third kappa shape index (κ3) is 6.01. The molecule has 0 fully saturated rings. The highest BCUT2D eigenvalue weighted by Gasteiger charge is 2.31. The van der Waals surface area contributed by atoms with E-state index in [9.17, 15) is 26.7 Å². The van der Waals surface area contributed by atoms with E-state index < -0.39 is 41.9 Å². The van der Waals surface area contributed by atoms with Crippen LogP contribution in [0.1, 0.15) is 0 Å². The first-order chi connectivity index (χ1) is 14.6. The fraction of sp³-hybridized carbons (Fsp3) is 0.105. The van der Waals surface area contributed by atoms with Crippen molar-refractivity contribution in [2.75, 3.05) is 17.2 Å². The number of alkyl halides is 3. The minimum absolute atomic E-state index is 0.0368. The number of para-hydroxylation sites is 1. The summed E-state index contributed by atoms with van der Waals surface area (Å²) in [4.78, 5) is 18.8. The van der Waals surface area contributed by atoms with Crippen LogP contribution in [0.2, 0.25) is 0 Å². The number of hydrogen-bond donors (Lipinski definition) is 3. The van der Waals surface area contributed by atoms with Crippen LogP contribution in [0.3, 0.4) is 0 Å². The number of ether oxygens (including phenoxy) is 1. The molecule has 12 heteroatoms. The van der Waals surface area contributed by atoms with Crippen molar-refractivity contribution in [1.82, 2.24) is 9.97 Å². The smallest absolute Gasteiger partial charge is 0.480 e. The Morgan fingerprint density at radius 3 is 2.35 bits per heavy atom. The van der Waals surface area contributed by atoms with Crippen molar-refractivity contribution in [2.45, 2.75) is 6.36 Å². The molecule has 0 aliphatic heterocycles. The van der Waals surface area contributed by atoms with Crippen LogP contribution >= 0.6 is 0 Å². The van der Waals surface area contributed by atoms with Gasteiger partial charge in [0.25, 0.3) is 0 Å². The highest BCUT2D eigenvalue weighted by Crippen LogP contribution is 2.30. The highest BCUT2D eigenvalue weighted by atomic mass is 19.4. The predicted molar refractivity (Wildman–Crippen MR) is 99.9 cm³/mol. The van der Waals surface area contributed by atoms with Crippen molar-refractivity contribution in [2.24, 2.45) is 0 Å². The minimum atomic E-state index is -4.91. The summed E-state index contributed by atoms with van der Waals surface area (Å²) in [6.45, 7) is -0.575. The zero-order chi connectivity index (χ0) is 22.6. The molecule has 0 bridgehead atoms. The molecule has 0 aliphatic rings. The molecule has 0 atom stereocenters. The van der Waals surface area contributed by atoms with E-state index in [0.717, 1.165) is 30.3 Å². The summed E-state index contributed by atoms with van der Waals surface area (Å²) in [5.74, 6) is -3.95. The maximum Gasteiger partial charge on any atom is 0.573 e. The second kappa shape index (κ2) is 8.81. The van der Waals surface area contributed by atoms with Crippen LogP contribution in [0, 0.1) is 11.6 Å². The zero-order valence-corrected chi connectivity index (χ0v) is 15.4. The van der Waals surface area contributed by atoms with Gasteiger partial charge in [-0.05, 0) is 24.3 Å². The molecule has 0 saturated heterocycles. The van der Waals surface area contributed by atoms with Gasteiger partial charge in [-0.15, -0.1) is 13.2 Å². The number of aliphatic carboxylic acids is 1. The van der Waals surface area contributed by atoms with Gasteiger partial charge < -0.3 is 20.5 Å². The standard InChI is InChI=1S/C19H13F5N4O3/c20-12-5-2-6-13(21)17(12)27-15-8-14(26-18(28-15)25-9-16(29)30)10-3-1-4-11(7-10)31-19(22,23)24/h1-8H,9H2,(H,29,30)(H2,25,26,27,28). The number of carbonyl (C=O) groups is 1. The Labute approximate surface area is 171 Å². The fourth-order valence-corrected chi connectivity index (χ4v) is 2.49. The lowest BCUT2D eigenvalue weighted by molar-refractivity contribution is -0.274. The largest absolute Gasteiger partial charge is 0.573 e. The summed E-state index contributed by atoms with van der Waals surface area (Å²) in [6, 6.07) is 9.23. The Hall–Kier alpha value is -3.96. The number of hydrogen-bond acceptors (Lipinski definition) is 6. The molecule has 3 rings (SSSR count). The van der Waals surface area contributed by atoms with Gasteiger partial charge in [0, 0.05) is 11.6 Å². The van der Waals surface area contributed by atoms with Gasteiger partial charge in [0.05, 0.1) is 5.69 Å². The van der Waals surface area contributed by atoms with E-state index in [1.54, 1.807) is 0 Å². The highest BCUT2D eigenvalue weighted by molar-refractivity contribution is 5.73. The van der Waals surface area contributed by atoms with Crippen LogP contribution in [0.4, 0.5) is 39.4 Å². The Morgan fingerprint density at radius 1 is 1.03 bits per heavy atom. The molecule has 31 heavy (non-hydrogen) atoms. The third-order valence-corrected chi connectivity index (χ3v) is 3.70. The number of aromatic nitrogens is 2. The van der Waals surface area contributed by atoms with Gasteiger partial charge in [-0.2, -0.15) is 4.98 Å². The van der Waals surface area contributed by atoms with Crippen molar-refractivity contribution in [3.63, 3.8) is 0 Å². The molecule has 3 N–H and O–H groups in total. The topological polar surface area (TPSA) is 96.4 Å². The number of nitrogens with zero attached hydrogens (tertiary/aromatic N) is 2. The van der Waals surface area contributed by atoms with Gasteiger partial charge in [-0.25, -0.2) is 13.8 Å². The second-order valence-electron chi connectivity index (χ2n) is 6.01. The molecule has 0 amide bonds. The third-order valence-electron chi connectivity index (χ3n) is 3.70. The van der Waals surface area contributed by atoms with Gasteiger partial charge >= 0.3 is 12.3 Å². The number of carboxylic acids is 1. The summed E-state index contributed by atoms with van der Waals surface area (Å²) in [5, 5.41) is 13.7. The summed E-state index contributed by atoms with van der Waals surface area (Å²) >= 11 is 0. The number of halogens is 5. The van der Waals surface area contributed by atoms with Crippen molar-refractivity contribution >= 4 is 23.4 Å². The Bertz CT molecular complexity index is 1090. The van der Waals surface area contributed by atoms with E-state index in [-0.39, 0.29) is 23.0 Å². The average molecular weight is 440 g/mol. The lowest BCUT2D eigenvalue weighted by Crippen LogP contribution is -2.17. The van der Waals surface area contributed by atoms with Crippen LogP contribution in [0.25, 0.3) is 11.3 Å². The monoisotopic (exact) mass is 440 g/mol. The van der Waals surface area contributed by atoms with Crippen LogP contribution in [-0.4, -0.2) is 34.0 Å². The van der Waals surface area contributed by atoms with E-state index in [0.29, 0.717) is 0 Å². The van der Waals surface area contributed by atoms with Gasteiger partial charge in [0.1, 0.15) is 35.4 Å². The predicted octanol–water partition coefficient (Wildman–Crippen LogP) is 4.56. The zero-order valence-electron chi connectivity index (χ0n) is 15.4. The maximum atomic E-state index is 14.0. The second-order valence-corrected chi connectivity index (χ2v) is 6.01. The molecule has 2 aromatic carbocycles. The number of nitrogens with one attached hydrogen (secondary N) is 2. The lowest BCUT2D eigenvalue weighted by atomic mass is 10.1. The molecule has 162 valence electrons. The quantitative estimate of drug-likeness (QED) is 0.464. The molecule has 0 spiro atoms. The molecule has 0 unspecified atom stereocenters. The Balaban J connectivity index is 2.01.